The largest absolute Gasteiger partial charge is 0.495 e. The van der Waals surface area contributed by atoms with E-state index in [4.69, 9.17) is 21.1 Å². The summed E-state index contributed by atoms with van der Waals surface area (Å²) < 4.78 is 37.1. The SMILES string of the molecule is COc1cc(NC(=O)c2ccc(CN(c3c(C)cccc3C)S(C)(=O)=O)cc2)c(OC)cc1Cl. The van der Waals surface area contributed by atoms with Crippen LogP contribution < -0.4 is 19.1 Å². The third kappa shape index (κ3) is 5.63. The van der Waals surface area contributed by atoms with Gasteiger partial charge in [0.15, 0.2) is 0 Å². The van der Waals surface area contributed by atoms with Crippen molar-refractivity contribution in [1.29, 1.82) is 0 Å². The van der Waals surface area contributed by atoms with Crippen LogP contribution in [0.25, 0.3) is 0 Å². The number of methoxy groups -OCH3 is 2. The molecule has 3 rings (SSSR count). The van der Waals surface area contributed by atoms with Gasteiger partial charge in [0.2, 0.25) is 10.0 Å². The number of hydrogen-bond donors (Lipinski definition) is 1. The molecule has 3 aromatic carbocycles. The highest BCUT2D eigenvalue weighted by Crippen LogP contribution is 2.36. The van der Waals surface area contributed by atoms with E-state index in [0.717, 1.165) is 16.7 Å². The van der Waals surface area contributed by atoms with E-state index < -0.39 is 10.0 Å². The van der Waals surface area contributed by atoms with E-state index in [9.17, 15) is 13.2 Å². The Bertz CT molecular complexity index is 1290. The van der Waals surface area contributed by atoms with Crippen LogP contribution in [0.1, 0.15) is 27.0 Å². The molecule has 0 saturated carbocycles. The zero-order valence-corrected chi connectivity index (χ0v) is 21.3. The lowest BCUT2D eigenvalue weighted by molar-refractivity contribution is 0.102. The fourth-order valence-corrected chi connectivity index (χ4v) is 4.88. The number of amides is 1. The number of nitrogens with one attached hydrogen (secondary N) is 1. The van der Waals surface area contributed by atoms with Crippen molar-refractivity contribution in [1.82, 2.24) is 0 Å². The topological polar surface area (TPSA) is 84.9 Å². The summed E-state index contributed by atoms with van der Waals surface area (Å²) in [4.78, 5) is 12.8. The molecule has 1 amide bonds. The Hall–Kier alpha value is -3.23. The number of aryl methyl sites for hydroxylation is 2. The second-order valence-electron chi connectivity index (χ2n) is 7.85. The second kappa shape index (κ2) is 10.4. The van der Waals surface area contributed by atoms with E-state index >= 15 is 0 Å². The molecule has 1 N–H and O–H groups in total. The minimum absolute atomic E-state index is 0.147. The van der Waals surface area contributed by atoms with Crippen LogP contribution in [-0.4, -0.2) is 34.8 Å². The number of carbonyl (C=O) groups excluding carboxylic acids is 1. The minimum Gasteiger partial charge on any atom is -0.495 e. The predicted octanol–water partition coefficient (Wildman–Crippen LogP) is 5.19. The lowest BCUT2D eigenvalue weighted by Crippen LogP contribution is -2.30. The molecule has 7 nitrogen and oxygen atoms in total. The van der Waals surface area contributed by atoms with Crippen LogP contribution in [0.4, 0.5) is 11.4 Å². The van der Waals surface area contributed by atoms with Crippen molar-refractivity contribution in [2.45, 2.75) is 20.4 Å². The minimum atomic E-state index is -3.53. The Morgan fingerprint density at radius 1 is 0.971 bits per heavy atom. The smallest absolute Gasteiger partial charge is 0.255 e. The van der Waals surface area contributed by atoms with Crippen LogP contribution in [0, 0.1) is 13.8 Å². The molecule has 0 atom stereocenters. The molecule has 0 unspecified atom stereocenters. The van der Waals surface area contributed by atoms with E-state index in [1.54, 1.807) is 36.4 Å². The molecular weight excluding hydrogens is 476 g/mol. The molecule has 0 aliphatic carbocycles. The zero-order chi connectivity index (χ0) is 25.0. The molecule has 9 heteroatoms. The third-order valence-electron chi connectivity index (χ3n) is 5.35. The van der Waals surface area contributed by atoms with Gasteiger partial charge >= 0.3 is 0 Å². The van der Waals surface area contributed by atoms with Gasteiger partial charge in [-0.2, -0.15) is 0 Å². The standard InChI is InChI=1S/C25H27ClN2O5S/c1-16-7-6-8-17(2)24(16)28(34(5,30)31)15-18-9-11-19(12-10-18)25(29)27-21-14-22(32-3)20(26)13-23(21)33-4/h6-14H,15H2,1-5H3,(H,27,29). The number of hydrogen-bond acceptors (Lipinski definition) is 5. The number of para-hydroxylation sites is 1. The van der Waals surface area contributed by atoms with Crippen molar-refractivity contribution < 1.29 is 22.7 Å². The number of rotatable bonds is 8. The molecule has 3 aromatic rings. The van der Waals surface area contributed by atoms with Crippen molar-refractivity contribution in [3.05, 3.63) is 81.9 Å². The van der Waals surface area contributed by atoms with Gasteiger partial charge < -0.3 is 14.8 Å². The normalized spacial score (nSPS) is 11.1. The molecule has 0 aliphatic rings. The number of nitrogens with zero attached hydrogens (tertiary/aromatic N) is 1. The molecule has 34 heavy (non-hydrogen) atoms. The highest BCUT2D eigenvalue weighted by molar-refractivity contribution is 7.92. The van der Waals surface area contributed by atoms with Gasteiger partial charge in [0.1, 0.15) is 11.5 Å². The van der Waals surface area contributed by atoms with Crippen LogP contribution in [0.5, 0.6) is 11.5 Å². The van der Waals surface area contributed by atoms with Crippen molar-refractivity contribution in [3.63, 3.8) is 0 Å². The van der Waals surface area contributed by atoms with Crippen LogP contribution in [0.3, 0.4) is 0 Å². The average molecular weight is 503 g/mol. The molecule has 180 valence electrons. The van der Waals surface area contributed by atoms with Gasteiger partial charge in [0.25, 0.3) is 5.91 Å². The second-order valence-corrected chi connectivity index (χ2v) is 10.2. The number of sulfonamides is 1. The average Bonchev–Trinajstić information content (AvgIpc) is 2.78. The highest BCUT2D eigenvalue weighted by atomic mass is 35.5. The number of benzene rings is 3. The maximum Gasteiger partial charge on any atom is 0.255 e. The van der Waals surface area contributed by atoms with Gasteiger partial charge in [-0.3, -0.25) is 9.10 Å². The lowest BCUT2D eigenvalue weighted by Gasteiger charge is -2.26. The van der Waals surface area contributed by atoms with Crippen LogP contribution >= 0.6 is 11.6 Å². The molecule has 0 fully saturated rings. The number of carbonyl (C=O) groups is 1. The molecule has 0 saturated heterocycles. The lowest BCUT2D eigenvalue weighted by atomic mass is 10.1. The van der Waals surface area contributed by atoms with Gasteiger partial charge in [0.05, 0.1) is 43.4 Å². The highest BCUT2D eigenvalue weighted by Gasteiger charge is 2.22. The first kappa shape index (κ1) is 25.4. The summed E-state index contributed by atoms with van der Waals surface area (Å²) >= 11 is 6.12. The van der Waals surface area contributed by atoms with E-state index in [2.05, 4.69) is 5.32 Å². The monoisotopic (exact) mass is 502 g/mol. The Morgan fingerprint density at radius 2 is 1.56 bits per heavy atom. The molecular formula is C25H27ClN2O5S. The maximum atomic E-state index is 12.8. The van der Waals surface area contributed by atoms with Crippen LogP contribution in [0.15, 0.2) is 54.6 Å². The Labute approximate surface area is 205 Å². The van der Waals surface area contributed by atoms with E-state index in [-0.39, 0.29) is 12.5 Å². The summed E-state index contributed by atoms with van der Waals surface area (Å²) in [6.07, 6.45) is 1.19. The first-order valence-corrected chi connectivity index (χ1v) is 12.6. The summed E-state index contributed by atoms with van der Waals surface area (Å²) in [7, 11) is -0.568. The fourth-order valence-electron chi connectivity index (χ4n) is 3.64. The van der Waals surface area contributed by atoms with Crippen molar-refractivity contribution in [3.8, 4) is 11.5 Å². The molecule has 0 radical (unpaired) electrons. The maximum absolute atomic E-state index is 12.8. The van der Waals surface area contributed by atoms with Gasteiger partial charge in [-0.05, 0) is 42.7 Å². The van der Waals surface area contributed by atoms with E-state index in [1.807, 2.05) is 32.0 Å². The number of halogens is 1. The zero-order valence-electron chi connectivity index (χ0n) is 19.7. The molecule has 0 bridgehead atoms. The Balaban J connectivity index is 1.84. The molecule has 0 aliphatic heterocycles. The Morgan fingerprint density at radius 3 is 2.09 bits per heavy atom. The predicted molar refractivity (Wildman–Crippen MR) is 136 cm³/mol. The summed E-state index contributed by atoms with van der Waals surface area (Å²) in [5, 5.41) is 3.16. The van der Waals surface area contributed by atoms with Gasteiger partial charge in [-0.1, -0.05) is 41.9 Å². The first-order chi connectivity index (χ1) is 16.0. The summed E-state index contributed by atoms with van der Waals surface area (Å²) in [5.41, 5.74) is 3.96. The van der Waals surface area contributed by atoms with Gasteiger partial charge in [0, 0.05) is 17.7 Å². The van der Waals surface area contributed by atoms with Gasteiger partial charge in [-0.25, -0.2) is 8.42 Å². The number of anilines is 2. The summed E-state index contributed by atoms with van der Waals surface area (Å²) in [6.45, 7) is 3.91. The third-order valence-corrected chi connectivity index (χ3v) is 6.76. The Kier molecular flexibility index (Phi) is 7.74. The first-order valence-electron chi connectivity index (χ1n) is 10.4. The van der Waals surface area contributed by atoms with Gasteiger partial charge in [-0.15, -0.1) is 0 Å². The van der Waals surface area contributed by atoms with Crippen LogP contribution in [0.2, 0.25) is 5.02 Å². The summed E-state index contributed by atoms with van der Waals surface area (Å²) in [6, 6.07) is 15.6. The van der Waals surface area contributed by atoms with Crippen LogP contribution in [-0.2, 0) is 16.6 Å². The summed E-state index contributed by atoms with van der Waals surface area (Å²) in [5.74, 6) is 0.442. The van der Waals surface area contributed by atoms with Crippen molar-refractivity contribution in [2.75, 3.05) is 30.1 Å². The molecule has 0 aromatic heterocycles. The fraction of sp³-hybridized carbons (Fsp3) is 0.240. The molecule has 0 heterocycles. The van der Waals surface area contributed by atoms with Crippen molar-refractivity contribution >= 4 is 38.9 Å². The van der Waals surface area contributed by atoms with E-state index in [1.165, 1.54) is 24.8 Å². The molecule has 0 spiro atoms. The quantitative estimate of drug-likeness (QED) is 0.458. The van der Waals surface area contributed by atoms with Crippen molar-refractivity contribution in [2.24, 2.45) is 0 Å². The van der Waals surface area contributed by atoms with E-state index in [0.29, 0.717) is 33.5 Å². The number of ether oxygens (including phenoxy) is 2.